The second-order valence-corrected chi connectivity index (χ2v) is 8.50. The molecule has 1 saturated heterocycles. The Kier molecular flexibility index (Phi) is 5.40. The highest BCUT2D eigenvalue weighted by Crippen LogP contribution is 2.29. The predicted octanol–water partition coefficient (Wildman–Crippen LogP) is 1.21. The topological polar surface area (TPSA) is 58.6 Å². The first kappa shape index (κ1) is 16.9. The normalized spacial score (nSPS) is 23.4. The highest BCUT2D eigenvalue weighted by molar-refractivity contribution is 7.89. The molecule has 0 atom stereocenters. The van der Waals surface area contributed by atoms with Crippen LogP contribution in [0.1, 0.15) is 41.0 Å². The molecular formula is C13H28N2O3S. The second kappa shape index (κ2) is 6.08. The molecule has 1 heterocycles. The summed E-state index contributed by atoms with van der Waals surface area (Å²) in [7, 11) is -3.19. The van der Waals surface area contributed by atoms with E-state index in [2.05, 4.69) is 5.32 Å². The Morgan fingerprint density at radius 2 is 1.68 bits per heavy atom. The van der Waals surface area contributed by atoms with Crippen LogP contribution in [0.3, 0.4) is 0 Å². The molecule has 0 aromatic rings. The summed E-state index contributed by atoms with van der Waals surface area (Å²) in [4.78, 5) is 0. The molecule has 1 fully saturated rings. The number of nitrogens with one attached hydrogen (secondary N) is 1. The molecule has 1 N–H and O–H groups in total. The molecule has 0 amide bonds. The van der Waals surface area contributed by atoms with Gasteiger partial charge in [0.15, 0.2) is 0 Å². The van der Waals surface area contributed by atoms with Crippen molar-refractivity contribution in [3.8, 4) is 0 Å². The van der Waals surface area contributed by atoms with Gasteiger partial charge >= 0.3 is 0 Å². The van der Waals surface area contributed by atoms with Crippen LogP contribution >= 0.6 is 0 Å². The van der Waals surface area contributed by atoms with Gasteiger partial charge in [0.25, 0.3) is 0 Å². The second-order valence-electron chi connectivity index (χ2n) is 6.41. The van der Waals surface area contributed by atoms with Crippen LogP contribution < -0.4 is 5.32 Å². The van der Waals surface area contributed by atoms with Crippen LogP contribution in [-0.2, 0) is 14.8 Å². The van der Waals surface area contributed by atoms with Gasteiger partial charge in [-0.2, -0.15) is 4.31 Å². The van der Waals surface area contributed by atoms with Crippen LogP contribution in [0.15, 0.2) is 0 Å². The lowest BCUT2D eigenvalue weighted by atomic mass is 10.0. The molecule has 19 heavy (non-hydrogen) atoms. The maximum absolute atomic E-state index is 12.4. The molecule has 1 rings (SSSR count). The molecule has 0 saturated carbocycles. The van der Waals surface area contributed by atoms with Gasteiger partial charge in [-0.15, -0.1) is 0 Å². The highest BCUT2D eigenvalue weighted by atomic mass is 32.2. The van der Waals surface area contributed by atoms with Crippen LogP contribution in [0.4, 0.5) is 0 Å². The summed E-state index contributed by atoms with van der Waals surface area (Å²) in [6, 6.07) is 0. The van der Waals surface area contributed by atoms with Crippen LogP contribution in [0, 0.1) is 0 Å². The van der Waals surface area contributed by atoms with Crippen molar-refractivity contribution in [2.24, 2.45) is 0 Å². The smallest absolute Gasteiger partial charge is 0.214 e. The number of hydrogen-bond acceptors (Lipinski definition) is 4. The fourth-order valence-electron chi connectivity index (χ4n) is 2.60. The SMILES string of the molecule is CCNCCCS(=O)(=O)N1CC(C)(C)OC(C)(C)C1. The Bertz CT molecular complexity index is 375. The first-order chi connectivity index (χ1) is 8.58. The van der Waals surface area contributed by atoms with Crippen LogP contribution in [0.5, 0.6) is 0 Å². The lowest BCUT2D eigenvalue weighted by molar-refractivity contribution is -0.163. The minimum Gasteiger partial charge on any atom is -0.367 e. The fraction of sp³-hybridized carbons (Fsp3) is 1.00. The van der Waals surface area contributed by atoms with E-state index in [4.69, 9.17) is 4.74 Å². The van der Waals surface area contributed by atoms with Crippen molar-refractivity contribution < 1.29 is 13.2 Å². The number of morpholine rings is 1. The van der Waals surface area contributed by atoms with Crippen molar-refractivity contribution in [3.63, 3.8) is 0 Å². The predicted molar refractivity (Wildman–Crippen MR) is 77.8 cm³/mol. The monoisotopic (exact) mass is 292 g/mol. The van der Waals surface area contributed by atoms with Crippen molar-refractivity contribution in [1.29, 1.82) is 0 Å². The lowest BCUT2D eigenvalue weighted by Crippen LogP contribution is -2.58. The summed E-state index contributed by atoms with van der Waals surface area (Å²) >= 11 is 0. The van der Waals surface area contributed by atoms with Gasteiger partial charge in [0.05, 0.1) is 17.0 Å². The number of hydrogen-bond donors (Lipinski definition) is 1. The molecule has 0 bridgehead atoms. The molecule has 0 aliphatic carbocycles. The van der Waals surface area contributed by atoms with Crippen molar-refractivity contribution in [3.05, 3.63) is 0 Å². The molecule has 6 heteroatoms. The van der Waals surface area contributed by atoms with Gasteiger partial charge in [0.2, 0.25) is 10.0 Å². The summed E-state index contributed by atoms with van der Waals surface area (Å²) in [5.74, 6) is 0.201. The summed E-state index contributed by atoms with van der Waals surface area (Å²) in [5.41, 5.74) is -0.868. The van der Waals surface area contributed by atoms with Gasteiger partial charge in [-0.3, -0.25) is 0 Å². The van der Waals surface area contributed by atoms with Crippen molar-refractivity contribution in [2.45, 2.75) is 52.2 Å². The molecule has 0 aromatic carbocycles. The number of sulfonamides is 1. The summed E-state index contributed by atoms with van der Waals surface area (Å²) < 4.78 is 32.2. The minimum atomic E-state index is -3.19. The van der Waals surface area contributed by atoms with E-state index >= 15 is 0 Å². The van der Waals surface area contributed by atoms with Crippen LogP contribution in [0.2, 0.25) is 0 Å². The molecular weight excluding hydrogens is 264 g/mol. The van der Waals surface area contributed by atoms with Gasteiger partial charge in [-0.05, 0) is 47.2 Å². The molecule has 114 valence electrons. The van der Waals surface area contributed by atoms with Gasteiger partial charge in [0.1, 0.15) is 0 Å². The van der Waals surface area contributed by atoms with E-state index in [0.717, 1.165) is 13.1 Å². The highest BCUT2D eigenvalue weighted by Gasteiger charge is 2.42. The summed E-state index contributed by atoms with van der Waals surface area (Å²) in [6.45, 7) is 12.3. The van der Waals surface area contributed by atoms with Gasteiger partial charge in [-0.25, -0.2) is 8.42 Å². The van der Waals surface area contributed by atoms with E-state index < -0.39 is 21.2 Å². The zero-order valence-electron chi connectivity index (χ0n) is 12.8. The average molecular weight is 292 g/mol. The Balaban J connectivity index is 2.66. The van der Waals surface area contributed by atoms with E-state index in [9.17, 15) is 8.42 Å². The summed E-state index contributed by atoms with van der Waals surface area (Å²) in [6.07, 6.45) is 0.647. The largest absolute Gasteiger partial charge is 0.367 e. The summed E-state index contributed by atoms with van der Waals surface area (Å²) in [5, 5.41) is 3.15. The van der Waals surface area contributed by atoms with Gasteiger partial charge < -0.3 is 10.1 Å². The minimum absolute atomic E-state index is 0.201. The third-order valence-electron chi connectivity index (χ3n) is 3.07. The Morgan fingerprint density at radius 3 is 2.16 bits per heavy atom. The standard InChI is InChI=1S/C13H28N2O3S/c1-6-14-8-7-9-19(16,17)15-10-12(2,3)18-13(4,5)11-15/h14H,6-11H2,1-5H3. The Labute approximate surface area is 117 Å². The quantitative estimate of drug-likeness (QED) is 0.748. The fourth-order valence-corrected chi connectivity index (χ4v) is 4.38. The third-order valence-corrected chi connectivity index (χ3v) is 4.92. The zero-order chi connectivity index (χ0) is 14.7. The maximum atomic E-state index is 12.4. The first-order valence-electron chi connectivity index (χ1n) is 6.97. The molecule has 5 nitrogen and oxygen atoms in total. The number of ether oxygens (including phenoxy) is 1. The maximum Gasteiger partial charge on any atom is 0.214 e. The number of nitrogens with zero attached hydrogens (tertiary/aromatic N) is 1. The molecule has 1 aliphatic heterocycles. The number of rotatable bonds is 6. The van der Waals surface area contributed by atoms with E-state index in [-0.39, 0.29) is 5.75 Å². The van der Waals surface area contributed by atoms with Crippen molar-refractivity contribution in [1.82, 2.24) is 9.62 Å². The van der Waals surface area contributed by atoms with E-state index in [1.54, 1.807) is 4.31 Å². The van der Waals surface area contributed by atoms with E-state index in [1.165, 1.54) is 0 Å². The zero-order valence-corrected chi connectivity index (χ0v) is 13.6. The molecule has 0 spiro atoms. The van der Waals surface area contributed by atoms with Crippen LogP contribution in [0.25, 0.3) is 0 Å². The van der Waals surface area contributed by atoms with E-state index in [0.29, 0.717) is 19.5 Å². The average Bonchev–Trinajstić information content (AvgIpc) is 2.20. The van der Waals surface area contributed by atoms with Gasteiger partial charge in [-0.1, -0.05) is 6.92 Å². The Hall–Kier alpha value is -0.170. The first-order valence-corrected chi connectivity index (χ1v) is 8.58. The molecule has 0 unspecified atom stereocenters. The Morgan fingerprint density at radius 1 is 1.16 bits per heavy atom. The lowest BCUT2D eigenvalue weighted by Gasteiger charge is -2.46. The van der Waals surface area contributed by atoms with Crippen LogP contribution in [-0.4, -0.2) is 55.9 Å². The molecule has 0 aromatic heterocycles. The van der Waals surface area contributed by atoms with E-state index in [1.807, 2.05) is 34.6 Å². The van der Waals surface area contributed by atoms with Crippen molar-refractivity contribution in [2.75, 3.05) is 31.9 Å². The molecule has 1 aliphatic rings. The van der Waals surface area contributed by atoms with Gasteiger partial charge in [0, 0.05) is 13.1 Å². The molecule has 0 radical (unpaired) electrons. The van der Waals surface area contributed by atoms with Crippen molar-refractivity contribution >= 4 is 10.0 Å². The third kappa shape index (κ3) is 5.38.